The predicted octanol–water partition coefficient (Wildman–Crippen LogP) is 6.42. The average Bonchev–Trinajstić information content (AvgIpc) is 3.56. The number of esters is 1. The predicted molar refractivity (Wildman–Crippen MR) is 144 cm³/mol. The van der Waals surface area contributed by atoms with E-state index in [0.29, 0.717) is 21.3 Å². The maximum absolute atomic E-state index is 13.4. The second-order valence-corrected chi connectivity index (χ2v) is 10.9. The van der Waals surface area contributed by atoms with Gasteiger partial charge in [0.05, 0.1) is 12.9 Å². The average molecular weight is 545 g/mol. The number of amides is 1. The van der Waals surface area contributed by atoms with E-state index in [1.807, 2.05) is 4.57 Å². The monoisotopic (exact) mass is 544 g/mol. The van der Waals surface area contributed by atoms with Gasteiger partial charge in [0.15, 0.2) is 11.0 Å². The molecule has 0 spiro atoms. The molecule has 0 bridgehead atoms. The van der Waals surface area contributed by atoms with Crippen LogP contribution < -0.4 is 5.32 Å². The highest BCUT2D eigenvalue weighted by Crippen LogP contribution is 2.37. The SMILES string of the molecule is CCCn1c(SCC(=O)Nc2scc(-c3ccc(F)cc3)c2C(=O)OC)nnc1-c1csc(C)c1C. The van der Waals surface area contributed by atoms with Gasteiger partial charge in [-0.3, -0.25) is 4.79 Å². The Balaban J connectivity index is 1.52. The molecule has 11 heteroatoms. The molecule has 0 aliphatic rings. The number of nitrogens with zero attached hydrogens (tertiary/aromatic N) is 3. The molecule has 0 saturated heterocycles. The molecule has 0 atom stereocenters. The van der Waals surface area contributed by atoms with Crippen LogP contribution in [0.4, 0.5) is 9.39 Å². The number of benzene rings is 1. The number of rotatable bonds is 9. The van der Waals surface area contributed by atoms with E-state index >= 15 is 0 Å². The normalized spacial score (nSPS) is 11.0. The van der Waals surface area contributed by atoms with Crippen LogP contribution in [0.1, 0.15) is 34.1 Å². The Morgan fingerprint density at radius 1 is 1.11 bits per heavy atom. The molecule has 3 heterocycles. The fourth-order valence-corrected chi connectivity index (χ4v) is 6.24. The number of carbonyl (C=O) groups is 2. The Hall–Kier alpha value is -3.02. The van der Waals surface area contributed by atoms with Crippen LogP contribution >= 0.6 is 34.4 Å². The van der Waals surface area contributed by atoms with Crippen LogP contribution in [0, 0.1) is 19.7 Å². The third-order valence-corrected chi connectivity index (χ3v) is 8.49. The summed E-state index contributed by atoms with van der Waals surface area (Å²) in [5.74, 6) is -0.340. The van der Waals surface area contributed by atoms with Crippen LogP contribution in [0.2, 0.25) is 0 Å². The number of hydrogen-bond donors (Lipinski definition) is 1. The number of ether oxygens (including phenoxy) is 1. The number of anilines is 1. The van der Waals surface area contributed by atoms with Crippen molar-refractivity contribution in [1.29, 1.82) is 0 Å². The molecule has 0 aliphatic carbocycles. The largest absolute Gasteiger partial charge is 0.465 e. The molecule has 0 saturated carbocycles. The number of halogens is 1. The maximum Gasteiger partial charge on any atom is 0.341 e. The van der Waals surface area contributed by atoms with Crippen molar-refractivity contribution >= 4 is 51.3 Å². The summed E-state index contributed by atoms with van der Waals surface area (Å²) < 4.78 is 20.4. The zero-order chi connectivity index (χ0) is 25.8. The fourth-order valence-electron chi connectivity index (χ4n) is 3.64. The van der Waals surface area contributed by atoms with Gasteiger partial charge in [0, 0.05) is 33.3 Å². The summed E-state index contributed by atoms with van der Waals surface area (Å²) >= 11 is 4.19. The number of carbonyl (C=O) groups excluding carboxylic acids is 2. The van der Waals surface area contributed by atoms with Crippen molar-refractivity contribution in [2.24, 2.45) is 0 Å². The van der Waals surface area contributed by atoms with Crippen LogP contribution in [0.3, 0.4) is 0 Å². The Labute approximate surface area is 220 Å². The van der Waals surface area contributed by atoms with Crippen molar-refractivity contribution in [3.8, 4) is 22.5 Å². The van der Waals surface area contributed by atoms with Gasteiger partial charge in [-0.25, -0.2) is 9.18 Å². The highest BCUT2D eigenvalue weighted by atomic mass is 32.2. The summed E-state index contributed by atoms with van der Waals surface area (Å²) in [6.07, 6.45) is 0.900. The van der Waals surface area contributed by atoms with Gasteiger partial charge in [0.1, 0.15) is 16.4 Å². The van der Waals surface area contributed by atoms with E-state index in [1.54, 1.807) is 28.8 Å². The minimum absolute atomic E-state index is 0.0912. The van der Waals surface area contributed by atoms with Gasteiger partial charge in [-0.2, -0.15) is 0 Å². The Bertz CT molecular complexity index is 1390. The van der Waals surface area contributed by atoms with E-state index in [1.165, 1.54) is 52.8 Å². The molecule has 1 amide bonds. The topological polar surface area (TPSA) is 86.1 Å². The second-order valence-electron chi connectivity index (χ2n) is 7.98. The van der Waals surface area contributed by atoms with Crippen molar-refractivity contribution in [2.45, 2.75) is 38.9 Å². The number of hydrogen-bond acceptors (Lipinski definition) is 8. The van der Waals surface area contributed by atoms with Gasteiger partial charge < -0.3 is 14.6 Å². The molecule has 3 aromatic heterocycles. The van der Waals surface area contributed by atoms with Gasteiger partial charge in [-0.15, -0.1) is 32.9 Å². The molecule has 188 valence electrons. The van der Waals surface area contributed by atoms with Gasteiger partial charge in [0.2, 0.25) is 5.91 Å². The summed E-state index contributed by atoms with van der Waals surface area (Å²) in [5, 5.41) is 16.5. The lowest BCUT2D eigenvalue weighted by atomic mass is 10.0. The standard InChI is InChI=1S/C25H25FN4O3S3/c1-5-10-30-22(18-11-34-15(3)14(18)2)28-29-25(30)36-13-20(31)27-23-21(24(32)33-4)19(12-35-23)16-6-8-17(26)9-7-16/h6-9,11-12H,5,10,13H2,1-4H3,(H,27,31). The molecule has 4 rings (SSSR count). The summed E-state index contributed by atoms with van der Waals surface area (Å²) in [6, 6.07) is 5.81. The summed E-state index contributed by atoms with van der Waals surface area (Å²) in [6.45, 7) is 6.98. The first-order valence-corrected chi connectivity index (χ1v) is 13.9. The van der Waals surface area contributed by atoms with Crippen LogP contribution in [0.25, 0.3) is 22.5 Å². The molecule has 0 unspecified atom stereocenters. The van der Waals surface area contributed by atoms with E-state index < -0.39 is 5.97 Å². The Morgan fingerprint density at radius 2 is 1.83 bits per heavy atom. The Kier molecular flexibility index (Phi) is 8.22. The van der Waals surface area contributed by atoms with Gasteiger partial charge in [0.25, 0.3) is 0 Å². The number of nitrogens with one attached hydrogen (secondary N) is 1. The molecule has 0 radical (unpaired) electrons. The first kappa shape index (κ1) is 26.1. The van der Waals surface area contributed by atoms with Gasteiger partial charge in [-0.1, -0.05) is 30.8 Å². The van der Waals surface area contributed by atoms with E-state index in [0.717, 1.165) is 24.4 Å². The molecular weight excluding hydrogens is 519 g/mol. The van der Waals surface area contributed by atoms with Crippen molar-refractivity contribution in [3.63, 3.8) is 0 Å². The molecule has 0 fully saturated rings. The summed E-state index contributed by atoms with van der Waals surface area (Å²) in [7, 11) is 1.28. The number of thiophene rings is 2. The van der Waals surface area contributed by atoms with E-state index in [9.17, 15) is 14.0 Å². The molecular formula is C25H25FN4O3S3. The number of methoxy groups -OCH3 is 1. The zero-order valence-electron chi connectivity index (χ0n) is 20.3. The van der Waals surface area contributed by atoms with Crippen molar-refractivity contribution in [1.82, 2.24) is 14.8 Å². The smallest absolute Gasteiger partial charge is 0.341 e. The van der Waals surface area contributed by atoms with E-state index in [-0.39, 0.29) is 23.0 Å². The van der Waals surface area contributed by atoms with Crippen LogP contribution in [0.5, 0.6) is 0 Å². The molecule has 7 nitrogen and oxygen atoms in total. The molecule has 1 aromatic carbocycles. The first-order valence-electron chi connectivity index (χ1n) is 11.2. The van der Waals surface area contributed by atoms with E-state index in [4.69, 9.17) is 4.74 Å². The van der Waals surface area contributed by atoms with E-state index in [2.05, 4.69) is 41.7 Å². The lowest BCUT2D eigenvalue weighted by Crippen LogP contribution is -2.16. The Morgan fingerprint density at radius 3 is 2.47 bits per heavy atom. The number of aromatic nitrogens is 3. The van der Waals surface area contributed by atoms with Crippen LogP contribution in [0.15, 0.2) is 40.2 Å². The first-order chi connectivity index (χ1) is 17.3. The molecule has 1 N–H and O–H groups in total. The van der Waals surface area contributed by atoms with Crippen LogP contribution in [-0.2, 0) is 16.1 Å². The second kappa shape index (κ2) is 11.4. The van der Waals surface area contributed by atoms with Crippen molar-refractivity contribution in [3.05, 3.63) is 56.8 Å². The quantitative estimate of drug-likeness (QED) is 0.193. The molecule has 4 aromatic rings. The van der Waals surface area contributed by atoms with Crippen molar-refractivity contribution < 1.29 is 18.7 Å². The summed E-state index contributed by atoms with van der Waals surface area (Å²) in [5.41, 5.74) is 3.71. The molecule has 36 heavy (non-hydrogen) atoms. The molecule has 0 aliphatic heterocycles. The third kappa shape index (κ3) is 5.37. The number of thioether (sulfide) groups is 1. The van der Waals surface area contributed by atoms with Crippen LogP contribution in [-0.4, -0.2) is 39.5 Å². The minimum atomic E-state index is -0.577. The maximum atomic E-state index is 13.4. The lowest BCUT2D eigenvalue weighted by Gasteiger charge is -2.10. The van der Waals surface area contributed by atoms with Gasteiger partial charge >= 0.3 is 5.97 Å². The van der Waals surface area contributed by atoms with Crippen molar-refractivity contribution in [2.75, 3.05) is 18.2 Å². The van der Waals surface area contributed by atoms with Gasteiger partial charge in [-0.05, 0) is 43.5 Å². The highest BCUT2D eigenvalue weighted by Gasteiger charge is 2.23. The fraction of sp³-hybridized carbons (Fsp3) is 0.280. The summed E-state index contributed by atoms with van der Waals surface area (Å²) in [4.78, 5) is 26.6. The lowest BCUT2D eigenvalue weighted by molar-refractivity contribution is -0.113. The highest BCUT2D eigenvalue weighted by molar-refractivity contribution is 7.99. The minimum Gasteiger partial charge on any atom is -0.465 e. The number of aryl methyl sites for hydroxylation is 1. The third-order valence-electron chi connectivity index (χ3n) is 5.61. The zero-order valence-corrected chi connectivity index (χ0v) is 22.7.